The van der Waals surface area contributed by atoms with Gasteiger partial charge in [-0.15, -0.1) is 0 Å². The van der Waals surface area contributed by atoms with Crippen molar-refractivity contribution in [2.24, 2.45) is 0 Å². The zero-order chi connectivity index (χ0) is 45.2. The Morgan fingerprint density at radius 3 is 1.08 bits per heavy atom. The van der Waals surface area contributed by atoms with E-state index >= 15 is 0 Å². The Morgan fingerprint density at radius 1 is 0.348 bits per heavy atom. The molecular formula is C55H60O11. The van der Waals surface area contributed by atoms with Crippen LogP contribution in [0.25, 0.3) is 0 Å². The van der Waals surface area contributed by atoms with Crippen molar-refractivity contribution in [3.05, 3.63) is 215 Å². The Kier molecular flexibility index (Phi) is 18.0. The van der Waals surface area contributed by atoms with Crippen molar-refractivity contribution in [3.8, 4) is 0 Å². The number of benzene rings is 6. The fraction of sp³-hybridized carbons (Fsp3) is 0.345. The van der Waals surface area contributed by atoms with Crippen LogP contribution in [0.4, 0.5) is 0 Å². The van der Waals surface area contributed by atoms with Crippen molar-refractivity contribution in [3.63, 3.8) is 0 Å². The normalized spacial score (nSPS) is 25.4. The van der Waals surface area contributed by atoms with Crippen molar-refractivity contribution in [2.45, 2.75) is 101 Å². The summed E-state index contributed by atoms with van der Waals surface area (Å²) >= 11 is 0. The zero-order valence-corrected chi connectivity index (χ0v) is 37.3. The molecule has 2 heterocycles. The minimum absolute atomic E-state index is 0.0732. The standard InChI is InChI=1S/C55H60O11/c1-57-55-53(63-37-45-30-18-7-19-31-45)52(62-36-44-28-16-6-17-29-44)50(60-34-42-24-12-4-13-25-42)47(66-55)39-64-54-48(56)51(61-35-43-26-14-5-15-27-43)49(59-33-41-22-10-3-11-23-41)46(65-54)38-58-32-40-20-8-2-9-21-40/h2-31,46-56H,32-39H2,1H3/t46-,47-,48-,49+,50-,51-,52+,53-,54-,55-/m1/s1. The van der Waals surface area contributed by atoms with Crippen molar-refractivity contribution in [2.75, 3.05) is 20.3 Å². The van der Waals surface area contributed by atoms with Crippen LogP contribution in [-0.2, 0) is 87.0 Å². The third-order valence-corrected chi connectivity index (χ3v) is 11.7. The van der Waals surface area contributed by atoms with Crippen LogP contribution in [0.15, 0.2) is 182 Å². The van der Waals surface area contributed by atoms with E-state index in [9.17, 15) is 5.11 Å². The van der Waals surface area contributed by atoms with E-state index in [0.29, 0.717) is 13.2 Å². The maximum atomic E-state index is 12.3. The molecule has 0 spiro atoms. The van der Waals surface area contributed by atoms with Crippen LogP contribution in [0.2, 0.25) is 0 Å². The molecule has 0 aromatic heterocycles. The summed E-state index contributed by atoms with van der Waals surface area (Å²) in [6, 6.07) is 59.5. The number of hydrogen-bond donors (Lipinski definition) is 1. The van der Waals surface area contributed by atoms with Gasteiger partial charge in [0.15, 0.2) is 12.6 Å². The van der Waals surface area contributed by atoms with Crippen LogP contribution in [0.3, 0.4) is 0 Å². The second kappa shape index (κ2) is 25.1. The van der Waals surface area contributed by atoms with Gasteiger partial charge in [-0.25, -0.2) is 0 Å². The monoisotopic (exact) mass is 896 g/mol. The average molecular weight is 897 g/mol. The van der Waals surface area contributed by atoms with Crippen molar-refractivity contribution in [1.82, 2.24) is 0 Å². The summed E-state index contributed by atoms with van der Waals surface area (Å²) in [5.41, 5.74) is 5.87. The Hall–Kier alpha value is -5.12. The molecule has 6 aromatic carbocycles. The minimum atomic E-state index is -1.28. The van der Waals surface area contributed by atoms with Gasteiger partial charge < -0.3 is 52.5 Å². The van der Waals surface area contributed by atoms with E-state index in [1.807, 2.05) is 182 Å². The van der Waals surface area contributed by atoms with Crippen LogP contribution in [0.5, 0.6) is 0 Å². The molecule has 1 N–H and O–H groups in total. The number of aliphatic hydroxyl groups is 1. The van der Waals surface area contributed by atoms with Gasteiger partial charge in [-0.3, -0.25) is 0 Å². The molecule has 0 amide bonds. The van der Waals surface area contributed by atoms with E-state index in [0.717, 1.165) is 33.4 Å². The Balaban J connectivity index is 1.07. The Morgan fingerprint density at radius 2 is 0.667 bits per heavy atom. The third kappa shape index (κ3) is 13.5. The molecule has 346 valence electrons. The average Bonchev–Trinajstić information content (AvgIpc) is 3.37. The van der Waals surface area contributed by atoms with E-state index < -0.39 is 61.4 Å². The first kappa shape index (κ1) is 47.4. The van der Waals surface area contributed by atoms with Crippen LogP contribution < -0.4 is 0 Å². The maximum absolute atomic E-state index is 12.3. The lowest BCUT2D eigenvalue weighted by Crippen LogP contribution is -2.63. The van der Waals surface area contributed by atoms with E-state index in [-0.39, 0.29) is 39.6 Å². The summed E-state index contributed by atoms with van der Waals surface area (Å²) in [7, 11) is 1.58. The summed E-state index contributed by atoms with van der Waals surface area (Å²) in [6.45, 7) is 1.74. The molecule has 0 radical (unpaired) electrons. The number of ether oxygens (including phenoxy) is 10. The first-order valence-corrected chi connectivity index (χ1v) is 22.6. The summed E-state index contributed by atoms with van der Waals surface area (Å²) in [5.74, 6) is 0. The fourth-order valence-electron chi connectivity index (χ4n) is 8.22. The number of hydrogen-bond acceptors (Lipinski definition) is 11. The van der Waals surface area contributed by atoms with Gasteiger partial charge in [0.1, 0.15) is 48.8 Å². The Bertz CT molecular complexity index is 2220. The third-order valence-electron chi connectivity index (χ3n) is 11.7. The fourth-order valence-corrected chi connectivity index (χ4v) is 8.22. The second-order valence-electron chi connectivity index (χ2n) is 16.5. The molecular weight excluding hydrogens is 837 g/mol. The largest absolute Gasteiger partial charge is 0.385 e. The SMILES string of the molecule is CO[C@@H]1O[C@H](CO[C@@H]2O[C@H](COCc3ccccc3)[C@H](OCc3ccccc3)[C@H](OCc3ccccc3)[C@H]2O)[C@@H](OCc2ccccc2)[C@H](OCc2ccccc2)[C@H]1OCc1ccccc1. The maximum Gasteiger partial charge on any atom is 0.186 e. The lowest BCUT2D eigenvalue weighted by atomic mass is 9.97. The van der Waals surface area contributed by atoms with Gasteiger partial charge in [0, 0.05) is 7.11 Å². The number of aliphatic hydroxyl groups excluding tert-OH is 1. The summed E-state index contributed by atoms with van der Waals surface area (Å²) in [6.07, 6.45) is -8.50. The first-order valence-electron chi connectivity index (χ1n) is 22.6. The first-order chi connectivity index (χ1) is 32.6. The summed E-state index contributed by atoms with van der Waals surface area (Å²) in [5, 5.41) is 12.3. The summed E-state index contributed by atoms with van der Waals surface area (Å²) in [4.78, 5) is 0. The highest BCUT2D eigenvalue weighted by molar-refractivity contribution is 5.18. The number of rotatable bonds is 23. The van der Waals surface area contributed by atoms with Gasteiger partial charge in [-0.05, 0) is 33.4 Å². The zero-order valence-electron chi connectivity index (χ0n) is 37.3. The highest BCUT2D eigenvalue weighted by Crippen LogP contribution is 2.34. The molecule has 11 nitrogen and oxygen atoms in total. The van der Waals surface area contributed by atoms with E-state index in [2.05, 4.69) is 0 Å². The molecule has 2 fully saturated rings. The molecule has 11 heteroatoms. The van der Waals surface area contributed by atoms with E-state index in [1.54, 1.807) is 7.11 Å². The molecule has 0 aliphatic carbocycles. The van der Waals surface area contributed by atoms with Gasteiger partial charge in [0.25, 0.3) is 0 Å². The second-order valence-corrected chi connectivity index (χ2v) is 16.5. The molecule has 0 unspecified atom stereocenters. The smallest absolute Gasteiger partial charge is 0.186 e. The highest BCUT2D eigenvalue weighted by Gasteiger charge is 2.51. The van der Waals surface area contributed by atoms with Crippen LogP contribution in [-0.4, -0.2) is 86.8 Å². The highest BCUT2D eigenvalue weighted by atomic mass is 16.7. The van der Waals surface area contributed by atoms with Crippen LogP contribution in [0, 0.1) is 0 Å². The quantitative estimate of drug-likeness (QED) is 0.0668. The van der Waals surface area contributed by atoms with Gasteiger partial charge in [-0.2, -0.15) is 0 Å². The van der Waals surface area contributed by atoms with Crippen molar-refractivity contribution < 1.29 is 52.5 Å². The number of methoxy groups -OCH3 is 1. The predicted molar refractivity (Wildman–Crippen MR) is 247 cm³/mol. The molecule has 8 rings (SSSR count). The molecule has 0 bridgehead atoms. The van der Waals surface area contributed by atoms with Gasteiger partial charge in [0.2, 0.25) is 0 Å². The van der Waals surface area contributed by atoms with Crippen LogP contribution >= 0.6 is 0 Å². The molecule has 0 saturated carbocycles. The lowest BCUT2D eigenvalue weighted by Gasteiger charge is -2.47. The molecule has 6 aromatic rings. The van der Waals surface area contributed by atoms with Gasteiger partial charge in [0.05, 0.1) is 52.9 Å². The van der Waals surface area contributed by atoms with Crippen molar-refractivity contribution >= 4 is 0 Å². The predicted octanol–water partition coefficient (Wildman–Crippen LogP) is 8.60. The lowest BCUT2D eigenvalue weighted by molar-refractivity contribution is -0.346. The molecule has 66 heavy (non-hydrogen) atoms. The topological polar surface area (TPSA) is 113 Å². The molecule has 2 saturated heterocycles. The Labute approximate surface area is 388 Å². The van der Waals surface area contributed by atoms with Crippen molar-refractivity contribution in [1.29, 1.82) is 0 Å². The van der Waals surface area contributed by atoms with E-state index in [4.69, 9.17) is 47.4 Å². The van der Waals surface area contributed by atoms with E-state index in [1.165, 1.54) is 0 Å². The van der Waals surface area contributed by atoms with Gasteiger partial charge >= 0.3 is 0 Å². The summed E-state index contributed by atoms with van der Waals surface area (Å²) < 4.78 is 65.9. The minimum Gasteiger partial charge on any atom is -0.385 e. The molecule has 2 aliphatic rings. The molecule has 10 atom stereocenters. The van der Waals surface area contributed by atoms with Gasteiger partial charge in [-0.1, -0.05) is 182 Å². The van der Waals surface area contributed by atoms with Crippen LogP contribution in [0.1, 0.15) is 33.4 Å². The molecule has 2 aliphatic heterocycles.